The number of H-pyrrole nitrogens is 1. The number of benzene rings is 1. The van der Waals surface area contributed by atoms with Crippen LogP contribution in [0.4, 0.5) is 0 Å². The van der Waals surface area contributed by atoms with E-state index >= 15 is 0 Å². The van der Waals surface area contributed by atoms with Gasteiger partial charge in [0.25, 0.3) is 0 Å². The monoisotopic (exact) mass is 1130 g/mol. The van der Waals surface area contributed by atoms with Crippen LogP contribution in [0.1, 0.15) is 239 Å². The minimum Gasteiger partial charge on any atom is -0.462 e. The molecule has 1 aromatic carbocycles. The second kappa shape index (κ2) is 44.3. The molecule has 1 unspecified atom stereocenters. The normalized spacial score (nSPS) is 13.5. The highest BCUT2D eigenvalue weighted by molar-refractivity contribution is 7.80. The number of Topliss-reactive ketones (excluding diaryl/α,β-unsaturated/α-hetero) is 1. The van der Waals surface area contributed by atoms with E-state index in [1.165, 1.54) is 83.5 Å². The second-order valence-corrected chi connectivity index (χ2v) is 23.0. The summed E-state index contributed by atoms with van der Waals surface area (Å²) in [5, 5.41) is 11.3. The quantitative estimate of drug-likeness (QED) is 0.0206. The molecule has 4 amide bonds. The summed E-state index contributed by atoms with van der Waals surface area (Å²) in [6, 6.07) is 4.89. The Morgan fingerprint density at radius 1 is 0.633 bits per heavy atom. The van der Waals surface area contributed by atoms with Crippen molar-refractivity contribution < 1.29 is 55.4 Å². The van der Waals surface area contributed by atoms with Gasteiger partial charge in [0.05, 0.1) is 32.8 Å². The van der Waals surface area contributed by atoms with Crippen molar-refractivity contribution in [3.8, 4) is 0 Å². The fraction of sp³-hybridized carbons (Fsp3) is 0.770. The third-order valence-corrected chi connectivity index (χ3v) is 15.2. The number of hydrogen-bond acceptors (Lipinski definition) is 11. The molecule has 5 atom stereocenters. The largest absolute Gasteiger partial charge is 0.462 e. The summed E-state index contributed by atoms with van der Waals surface area (Å²) in [4.78, 5) is 83.4. The molecule has 0 aliphatic heterocycles. The number of ketones is 1. The number of para-hydroxylation sites is 1. The van der Waals surface area contributed by atoms with Crippen LogP contribution < -0.4 is 21.3 Å². The molecular formula is C61H105N5O12S. The van der Waals surface area contributed by atoms with Gasteiger partial charge in [0.1, 0.15) is 24.0 Å². The molecule has 0 radical (unpaired) electrons. The molecule has 79 heavy (non-hydrogen) atoms. The maximum absolute atomic E-state index is 13.7. The molecule has 1 heterocycles. The first-order valence-corrected chi connectivity index (χ1v) is 32.1. The molecular weight excluding hydrogens is 1030 g/mol. The topological polar surface area (TPSA) is 248 Å². The van der Waals surface area contributed by atoms with E-state index in [1.807, 2.05) is 31.2 Å². The number of nitrogens with one attached hydrogen (secondary N) is 5. The van der Waals surface area contributed by atoms with Gasteiger partial charge in [0.2, 0.25) is 23.6 Å². The number of ether oxygens (including phenoxy) is 2. The minimum atomic E-state index is -5.04. The Morgan fingerprint density at radius 2 is 1.19 bits per heavy atom. The zero-order valence-electron chi connectivity index (χ0n) is 49.3. The molecule has 0 aliphatic carbocycles. The first-order valence-electron chi connectivity index (χ1n) is 30.7. The fourth-order valence-corrected chi connectivity index (χ4v) is 10.0. The molecule has 0 fully saturated rings. The summed E-state index contributed by atoms with van der Waals surface area (Å²) in [6.45, 7) is 8.89. The van der Waals surface area contributed by atoms with Gasteiger partial charge in [-0.3, -0.25) is 33.3 Å². The molecule has 2 rings (SSSR count). The SMILES string of the molecule is CCCCCCCCCCCCCC(=O)CC(CNC(=O)[C@H](COS(=O)(=O)O)NC(=O)CNC(=O)[C@@H](NC(=O)Cc1c[nH]c2ccccc12)[C@@H](C)CC)COCC[C@@H](CCCCCCC)OC(=O)CCCCCCCCCCC. The van der Waals surface area contributed by atoms with Crippen LogP contribution >= 0.6 is 0 Å². The number of carbonyl (C=O) groups is 6. The van der Waals surface area contributed by atoms with Crippen molar-refractivity contribution in [1.82, 2.24) is 26.3 Å². The molecule has 0 saturated carbocycles. The van der Waals surface area contributed by atoms with Crippen LogP contribution in [-0.2, 0) is 59.2 Å². The average Bonchev–Trinajstić information content (AvgIpc) is 3.83. The van der Waals surface area contributed by atoms with Crippen LogP contribution in [0.3, 0.4) is 0 Å². The molecule has 2 aromatic rings. The summed E-state index contributed by atoms with van der Waals surface area (Å²) >= 11 is 0. The number of aromatic nitrogens is 1. The number of unbranched alkanes of at least 4 members (excludes halogenated alkanes) is 22. The van der Waals surface area contributed by atoms with Crippen LogP contribution in [0.15, 0.2) is 30.5 Å². The average molecular weight is 1130 g/mol. The maximum Gasteiger partial charge on any atom is 0.397 e. The third kappa shape index (κ3) is 35.2. The number of esters is 1. The van der Waals surface area contributed by atoms with Crippen molar-refractivity contribution in [2.75, 3.05) is 32.9 Å². The first kappa shape index (κ1) is 70.7. The number of amides is 4. The van der Waals surface area contributed by atoms with Gasteiger partial charge < -0.3 is 35.7 Å². The smallest absolute Gasteiger partial charge is 0.397 e. The van der Waals surface area contributed by atoms with Gasteiger partial charge in [-0.25, -0.2) is 4.18 Å². The summed E-state index contributed by atoms with van der Waals surface area (Å²) < 4.78 is 49.5. The van der Waals surface area contributed by atoms with Gasteiger partial charge in [-0.1, -0.05) is 200 Å². The standard InChI is InChI=1S/C61H105N5O12S/c1-6-10-13-16-18-20-21-23-24-27-29-34-51(67)41-49(46-76-40-39-52(35-30-26-15-12-8-3)78-58(70)38-31-28-25-22-19-17-14-11-7-2)43-63-60(71)55(47-77-79(73,74)75)65-57(69)45-64-61(72)59(48(5)9-4)66-56(68)42-50-44-62-54-37-33-32-36-53(50)54/h32-33,36-37,44,48-49,52,55,59,62H,6-31,34-35,38-43,45-47H2,1-5H3,(H,63,71)(H,64,72)(H,65,69)(H,66,68)(H,73,74,75)/t48-,49?,52+,55-,59-/m0/s1. The van der Waals surface area contributed by atoms with Crippen molar-refractivity contribution >= 4 is 56.7 Å². The van der Waals surface area contributed by atoms with E-state index in [0.29, 0.717) is 25.7 Å². The Labute approximate surface area is 475 Å². The van der Waals surface area contributed by atoms with Crippen LogP contribution in [0.2, 0.25) is 0 Å². The van der Waals surface area contributed by atoms with Crippen molar-refractivity contribution in [1.29, 1.82) is 0 Å². The van der Waals surface area contributed by atoms with Crippen molar-refractivity contribution in [3.63, 3.8) is 0 Å². The van der Waals surface area contributed by atoms with Gasteiger partial charge in [-0.2, -0.15) is 8.42 Å². The molecule has 0 spiro atoms. The summed E-state index contributed by atoms with van der Waals surface area (Å²) in [5.41, 5.74) is 1.62. The Kier molecular flexibility index (Phi) is 39.6. The number of fused-ring (bicyclic) bond motifs is 1. The maximum atomic E-state index is 13.7. The minimum absolute atomic E-state index is 0.00612. The lowest BCUT2D eigenvalue weighted by Crippen LogP contribution is -2.55. The fourth-order valence-electron chi connectivity index (χ4n) is 9.73. The van der Waals surface area contributed by atoms with Gasteiger partial charge in [0, 0.05) is 55.2 Å². The number of rotatable bonds is 51. The molecule has 0 aliphatic rings. The second-order valence-electron chi connectivity index (χ2n) is 21.9. The Hall–Kier alpha value is -4.39. The van der Waals surface area contributed by atoms with Crippen LogP contribution in [0.25, 0.3) is 10.9 Å². The highest BCUT2D eigenvalue weighted by Gasteiger charge is 2.29. The van der Waals surface area contributed by atoms with Gasteiger partial charge in [0.15, 0.2) is 0 Å². The molecule has 0 saturated heterocycles. The Bertz CT molecular complexity index is 2100. The summed E-state index contributed by atoms with van der Waals surface area (Å²) in [7, 11) is -5.04. The molecule has 0 bridgehead atoms. The Balaban J connectivity index is 2.09. The van der Waals surface area contributed by atoms with Gasteiger partial charge >= 0.3 is 16.4 Å². The number of carbonyl (C=O) groups excluding carboxylic acids is 6. The zero-order chi connectivity index (χ0) is 57.9. The predicted molar refractivity (Wildman–Crippen MR) is 314 cm³/mol. The molecule has 452 valence electrons. The highest BCUT2D eigenvalue weighted by atomic mass is 32.3. The molecule has 17 nitrogen and oxygen atoms in total. The summed E-state index contributed by atoms with van der Waals surface area (Å²) in [6.07, 6.45) is 32.4. The summed E-state index contributed by atoms with van der Waals surface area (Å²) in [5.74, 6) is -3.80. The first-order chi connectivity index (χ1) is 38.1. The zero-order valence-corrected chi connectivity index (χ0v) is 50.1. The highest BCUT2D eigenvalue weighted by Crippen LogP contribution is 2.20. The van der Waals surface area contributed by atoms with Crippen LogP contribution in [0.5, 0.6) is 0 Å². The van der Waals surface area contributed by atoms with Gasteiger partial charge in [-0.15, -0.1) is 0 Å². The van der Waals surface area contributed by atoms with E-state index in [-0.39, 0.29) is 56.4 Å². The van der Waals surface area contributed by atoms with Gasteiger partial charge in [-0.05, 0) is 43.2 Å². The molecule has 1 aromatic heterocycles. The Morgan fingerprint density at radius 3 is 1.77 bits per heavy atom. The van der Waals surface area contributed by atoms with Crippen LogP contribution in [0, 0.1) is 11.8 Å². The van der Waals surface area contributed by atoms with E-state index in [9.17, 15) is 41.7 Å². The van der Waals surface area contributed by atoms with E-state index in [1.54, 1.807) is 13.1 Å². The lowest BCUT2D eigenvalue weighted by Gasteiger charge is -2.24. The predicted octanol–water partition coefficient (Wildman–Crippen LogP) is 11.7. The third-order valence-electron chi connectivity index (χ3n) is 14.8. The van der Waals surface area contributed by atoms with E-state index < -0.39 is 65.2 Å². The lowest BCUT2D eigenvalue weighted by atomic mass is 9.97. The molecule has 6 N–H and O–H groups in total. The van der Waals surface area contributed by atoms with Crippen molar-refractivity contribution in [2.24, 2.45) is 11.8 Å². The van der Waals surface area contributed by atoms with E-state index in [2.05, 4.69) is 51.2 Å². The molecule has 18 heteroatoms. The van der Waals surface area contributed by atoms with Crippen molar-refractivity contribution in [2.45, 2.75) is 258 Å². The number of aromatic amines is 1. The number of hydrogen-bond donors (Lipinski definition) is 6. The van der Waals surface area contributed by atoms with Crippen molar-refractivity contribution in [3.05, 3.63) is 36.0 Å². The lowest BCUT2D eigenvalue weighted by molar-refractivity contribution is -0.150. The van der Waals surface area contributed by atoms with E-state index in [0.717, 1.165) is 99.9 Å². The van der Waals surface area contributed by atoms with Crippen LogP contribution in [-0.4, -0.2) is 104 Å². The van der Waals surface area contributed by atoms with E-state index in [4.69, 9.17) is 9.47 Å².